The van der Waals surface area contributed by atoms with Gasteiger partial charge in [0.05, 0.1) is 6.61 Å². The van der Waals surface area contributed by atoms with Gasteiger partial charge in [0, 0.05) is 24.9 Å². The highest BCUT2D eigenvalue weighted by Crippen LogP contribution is 2.23. The van der Waals surface area contributed by atoms with Crippen molar-refractivity contribution in [2.75, 3.05) is 13.7 Å². The molecule has 0 spiro atoms. The molecule has 0 unspecified atom stereocenters. The molecule has 1 aromatic heterocycles. The van der Waals surface area contributed by atoms with E-state index in [0.717, 1.165) is 5.69 Å². The molecule has 0 radical (unpaired) electrons. The summed E-state index contributed by atoms with van der Waals surface area (Å²) in [4.78, 5) is 4.12. The number of hydrogen-bond donors (Lipinski definition) is 1. The molecule has 0 saturated carbocycles. The van der Waals surface area contributed by atoms with Gasteiger partial charge < -0.3 is 10.1 Å². The van der Waals surface area contributed by atoms with E-state index >= 15 is 0 Å². The van der Waals surface area contributed by atoms with E-state index in [9.17, 15) is 8.78 Å². The summed E-state index contributed by atoms with van der Waals surface area (Å²) in [6, 6.07) is 8.05. The normalized spacial score (nSPS) is 10.6. The zero-order valence-corrected chi connectivity index (χ0v) is 11.2. The van der Waals surface area contributed by atoms with Gasteiger partial charge in [-0.25, -0.2) is 8.78 Å². The van der Waals surface area contributed by atoms with Crippen molar-refractivity contribution in [1.29, 1.82) is 0 Å². The molecule has 0 aliphatic rings. The van der Waals surface area contributed by atoms with Crippen LogP contribution in [0.3, 0.4) is 0 Å². The van der Waals surface area contributed by atoms with Gasteiger partial charge in [-0.15, -0.1) is 0 Å². The van der Waals surface area contributed by atoms with E-state index < -0.39 is 11.6 Å². The van der Waals surface area contributed by atoms with Crippen LogP contribution in [0.1, 0.15) is 11.3 Å². The minimum absolute atomic E-state index is 0.177. The maximum Gasteiger partial charge on any atom is 0.190 e. The van der Waals surface area contributed by atoms with Gasteiger partial charge in [0.15, 0.2) is 17.4 Å². The zero-order valence-electron chi connectivity index (χ0n) is 11.2. The van der Waals surface area contributed by atoms with Crippen LogP contribution in [0.5, 0.6) is 5.75 Å². The zero-order chi connectivity index (χ0) is 14.4. The number of benzene rings is 1. The third-order valence-electron chi connectivity index (χ3n) is 2.77. The summed E-state index contributed by atoms with van der Waals surface area (Å²) in [5.74, 6) is -1.70. The molecule has 0 aliphatic heterocycles. The van der Waals surface area contributed by atoms with Crippen LogP contribution in [0.2, 0.25) is 0 Å². The monoisotopic (exact) mass is 278 g/mol. The second-order valence-electron chi connectivity index (χ2n) is 4.34. The Kier molecular flexibility index (Phi) is 5.01. The Morgan fingerprint density at radius 1 is 1.20 bits per heavy atom. The molecule has 1 N–H and O–H groups in total. The third kappa shape index (κ3) is 3.74. The summed E-state index contributed by atoms with van der Waals surface area (Å²) >= 11 is 0. The van der Waals surface area contributed by atoms with E-state index in [1.54, 1.807) is 13.2 Å². The van der Waals surface area contributed by atoms with Crippen molar-refractivity contribution in [2.24, 2.45) is 0 Å². The van der Waals surface area contributed by atoms with Gasteiger partial charge in [-0.05, 0) is 36.9 Å². The molecule has 0 amide bonds. The molecule has 106 valence electrons. The lowest BCUT2D eigenvalue weighted by molar-refractivity contribution is 0.287. The quantitative estimate of drug-likeness (QED) is 0.882. The molecule has 1 aromatic carbocycles. The van der Waals surface area contributed by atoms with Crippen molar-refractivity contribution in [2.45, 2.75) is 13.0 Å². The van der Waals surface area contributed by atoms with Crippen LogP contribution in [-0.2, 0) is 13.0 Å². The Morgan fingerprint density at radius 3 is 2.55 bits per heavy atom. The second-order valence-corrected chi connectivity index (χ2v) is 4.34. The Labute approximate surface area is 116 Å². The molecule has 0 bridgehead atoms. The van der Waals surface area contributed by atoms with Gasteiger partial charge in [-0.3, -0.25) is 4.98 Å². The predicted molar refractivity (Wildman–Crippen MR) is 72.6 cm³/mol. The molecule has 0 atom stereocenters. The van der Waals surface area contributed by atoms with Crippen LogP contribution in [-0.4, -0.2) is 18.6 Å². The van der Waals surface area contributed by atoms with Gasteiger partial charge in [-0.2, -0.15) is 0 Å². The highest BCUT2D eigenvalue weighted by Gasteiger charge is 2.12. The predicted octanol–water partition coefficient (Wildman–Crippen LogP) is 2.70. The Hall–Kier alpha value is -2.01. The number of pyridine rings is 1. The average Bonchev–Trinajstić information content (AvgIpc) is 2.43. The molecular formula is C15H16F2N2O. The van der Waals surface area contributed by atoms with E-state index in [1.165, 1.54) is 12.1 Å². The number of rotatable bonds is 6. The SMILES string of the molecule is CNCc1cc(F)c(OCCc2ccccn2)c(F)c1. The molecule has 3 nitrogen and oxygen atoms in total. The van der Waals surface area contributed by atoms with E-state index in [1.807, 2.05) is 18.2 Å². The van der Waals surface area contributed by atoms with Crippen molar-refractivity contribution in [1.82, 2.24) is 10.3 Å². The summed E-state index contributed by atoms with van der Waals surface area (Å²) < 4.78 is 32.7. The molecule has 0 fully saturated rings. The lowest BCUT2D eigenvalue weighted by Crippen LogP contribution is -2.09. The van der Waals surface area contributed by atoms with Crippen LogP contribution >= 0.6 is 0 Å². The Morgan fingerprint density at radius 2 is 1.95 bits per heavy atom. The number of aromatic nitrogens is 1. The molecule has 0 aliphatic carbocycles. The highest BCUT2D eigenvalue weighted by atomic mass is 19.1. The van der Waals surface area contributed by atoms with Gasteiger partial charge in [0.25, 0.3) is 0 Å². The maximum absolute atomic E-state index is 13.8. The molecule has 20 heavy (non-hydrogen) atoms. The van der Waals surface area contributed by atoms with Crippen LogP contribution in [0.15, 0.2) is 36.5 Å². The molecule has 2 rings (SSSR count). The molecule has 2 aromatic rings. The number of nitrogens with zero attached hydrogens (tertiary/aromatic N) is 1. The van der Waals surface area contributed by atoms with Gasteiger partial charge in [0.2, 0.25) is 0 Å². The smallest absolute Gasteiger partial charge is 0.190 e. The lowest BCUT2D eigenvalue weighted by atomic mass is 10.2. The van der Waals surface area contributed by atoms with Crippen molar-refractivity contribution >= 4 is 0 Å². The first-order chi connectivity index (χ1) is 9.70. The van der Waals surface area contributed by atoms with Crippen molar-refractivity contribution < 1.29 is 13.5 Å². The van der Waals surface area contributed by atoms with Gasteiger partial charge >= 0.3 is 0 Å². The first-order valence-electron chi connectivity index (χ1n) is 6.36. The van der Waals surface area contributed by atoms with Gasteiger partial charge in [-0.1, -0.05) is 6.07 Å². The topological polar surface area (TPSA) is 34.1 Å². The minimum atomic E-state index is -0.684. The lowest BCUT2D eigenvalue weighted by Gasteiger charge is -2.10. The molecule has 0 saturated heterocycles. The van der Waals surface area contributed by atoms with Crippen LogP contribution in [0.4, 0.5) is 8.78 Å². The highest BCUT2D eigenvalue weighted by molar-refractivity contribution is 5.31. The van der Waals surface area contributed by atoms with Crippen molar-refractivity contribution in [3.8, 4) is 5.75 Å². The Balaban J connectivity index is 1.99. The van der Waals surface area contributed by atoms with Crippen LogP contribution in [0, 0.1) is 11.6 Å². The first-order valence-corrected chi connectivity index (χ1v) is 6.36. The summed E-state index contributed by atoms with van der Waals surface area (Å²) in [6.45, 7) is 0.582. The second kappa shape index (κ2) is 6.96. The summed E-state index contributed by atoms with van der Waals surface area (Å²) in [7, 11) is 1.72. The van der Waals surface area contributed by atoms with E-state index in [-0.39, 0.29) is 12.4 Å². The molecule has 5 heteroatoms. The van der Waals surface area contributed by atoms with Gasteiger partial charge in [0.1, 0.15) is 0 Å². The minimum Gasteiger partial charge on any atom is -0.487 e. The summed E-state index contributed by atoms with van der Waals surface area (Å²) in [6.07, 6.45) is 2.17. The Bertz CT molecular complexity index is 538. The van der Waals surface area contributed by atoms with E-state index in [2.05, 4.69) is 10.3 Å². The number of ether oxygens (including phenoxy) is 1. The van der Waals surface area contributed by atoms with Crippen LogP contribution < -0.4 is 10.1 Å². The van der Waals surface area contributed by atoms with Crippen molar-refractivity contribution in [3.63, 3.8) is 0 Å². The number of nitrogens with one attached hydrogen (secondary N) is 1. The maximum atomic E-state index is 13.8. The largest absolute Gasteiger partial charge is 0.487 e. The fraction of sp³-hybridized carbons (Fsp3) is 0.267. The summed E-state index contributed by atoms with van der Waals surface area (Å²) in [5, 5.41) is 2.84. The fourth-order valence-corrected chi connectivity index (χ4v) is 1.86. The molecular weight excluding hydrogens is 262 g/mol. The van der Waals surface area contributed by atoms with Crippen LogP contribution in [0.25, 0.3) is 0 Å². The fourth-order valence-electron chi connectivity index (χ4n) is 1.86. The first kappa shape index (κ1) is 14.4. The van der Waals surface area contributed by atoms with E-state index in [4.69, 9.17) is 4.74 Å². The molecule has 1 heterocycles. The summed E-state index contributed by atoms with van der Waals surface area (Å²) in [5.41, 5.74) is 1.36. The standard InChI is InChI=1S/C15H16F2N2O/c1-18-10-11-8-13(16)15(14(17)9-11)20-7-5-12-4-2-3-6-19-12/h2-4,6,8-9,18H,5,7,10H2,1H3. The van der Waals surface area contributed by atoms with Crippen molar-refractivity contribution in [3.05, 3.63) is 59.4 Å². The van der Waals surface area contributed by atoms with E-state index in [0.29, 0.717) is 18.5 Å². The number of hydrogen-bond acceptors (Lipinski definition) is 3. The average molecular weight is 278 g/mol. The number of halogens is 2. The third-order valence-corrected chi connectivity index (χ3v) is 2.77.